The van der Waals surface area contributed by atoms with Crippen molar-refractivity contribution < 1.29 is 4.79 Å². The minimum atomic E-state index is 0.224. The molecule has 0 saturated carbocycles. The Morgan fingerprint density at radius 1 is 1.35 bits per heavy atom. The molecule has 4 rings (SSSR count). The van der Waals surface area contributed by atoms with Crippen molar-refractivity contribution in [2.24, 2.45) is 11.8 Å². The zero-order valence-electron chi connectivity index (χ0n) is 14.3. The van der Waals surface area contributed by atoms with Crippen LogP contribution in [0.15, 0.2) is 18.2 Å². The summed E-state index contributed by atoms with van der Waals surface area (Å²) in [7, 11) is 0. The molecule has 1 amide bonds. The number of hydrogen-bond acceptors (Lipinski definition) is 2. The van der Waals surface area contributed by atoms with Gasteiger partial charge in [0.1, 0.15) is 0 Å². The van der Waals surface area contributed by atoms with E-state index < -0.39 is 0 Å². The molecule has 0 radical (unpaired) electrons. The summed E-state index contributed by atoms with van der Waals surface area (Å²) in [6.07, 6.45) is 5.47. The monoisotopic (exact) mass is 312 g/mol. The first-order valence-electron chi connectivity index (χ1n) is 9.29. The standard InChI is InChI=1S/C20H28N2O/c1-13(2)10-14-5-6-16-15(11-14)7-9-22-19(16)12-18-17(20(22)23)4-3-8-21-18/h5-6,11,13,17-19,21H,3-4,7-10,12H2,1-2H3/t17-,18-,19-/m0/s1. The Labute approximate surface area is 139 Å². The van der Waals surface area contributed by atoms with Crippen LogP contribution >= 0.6 is 0 Å². The first kappa shape index (κ1) is 15.2. The zero-order valence-corrected chi connectivity index (χ0v) is 14.3. The average molecular weight is 312 g/mol. The van der Waals surface area contributed by atoms with E-state index in [4.69, 9.17) is 0 Å². The molecule has 0 unspecified atom stereocenters. The third kappa shape index (κ3) is 2.69. The first-order valence-corrected chi connectivity index (χ1v) is 9.29. The maximum Gasteiger partial charge on any atom is 0.227 e. The third-order valence-corrected chi connectivity index (χ3v) is 5.87. The number of fused-ring (bicyclic) bond motifs is 4. The van der Waals surface area contributed by atoms with Gasteiger partial charge in [0.15, 0.2) is 0 Å². The molecule has 0 bridgehead atoms. The van der Waals surface area contributed by atoms with E-state index in [0.717, 1.165) is 45.2 Å². The molecule has 124 valence electrons. The Balaban J connectivity index is 1.63. The van der Waals surface area contributed by atoms with Crippen LogP contribution in [0.1, 0.15) is 55.8 Å². The maximum absolute atomic E-state index is 12.9. The van der Waals surface area contributed by atoms with Crippen LogP contribution in [0.2, 0.25) is 0 Å². The van der Waals surface area contributed by atoms with E-state index in [1.54, 1.807) is 0 Å². The summed E-state index contributed by atoms with van der Waals surface area (Å²) in [4.78, 5) is 15.1. The van der Waals surface area contributed by atoms with Crippen molar-refractivity contribution in [1.82, 2.24) is 10.2 Å². The molecular weight excluding hydrogens is 284 g/mol. The van der Waals surface area contributed by atoms with Gasteiger partial charge in [-0.1, -0.05) is 32.0 Å². The van der Waals surface area contributed by atoms with Crippen molar-refractivity contribution in [2.45, 2.75) is 58.0 Å². The minimum Gasteiger partial charge on any atom is -0.335 e. The van der Waals surface area contributed by atoms with Gasteiger partial charge >= 0.3 is 0 Å². The van der Waals surface area contributed by atoms with Crippen LogP contribution in [-0.4, -0.2) is 29.9 Å². The normalized spacial score (nSPS) is 30.0. The van der Waals surface area contributed by atoms with Crippen molar-refractivity contribution in [2.75, 3.05) is 13.1 Å². The minimum absolute atomic E-state index is 0.224. The highest BCUT2D eigenvalue weighted by atomic mass is 16.2. The highest BCUT2D eigenvalue weighted by Gasteiger charge is 2.44. The average Bonchev–Trinajstić information content (AvgIpc) is 2.54. The van der Waals surface area contributed by atoms with Gasteiger partial charge in [0.05, 0.1) is 12.0 Å². The summed E-state index contributed by atoms with van der Waals surface area (Å²) in [6.45, 7) is 6.53. The van der Waals surface area contributed by atoms with Gasteiger partial charge in [-0.2, -0.15) is 0 Å². The highest BCUT2D eigenvalue weighted by molar-refractivity contribution is 5.81. The Kier molecular flexibility index (Phi) is 3.92. The van der Waals surface area contributed by atoms with Crippen LogP contribution in [0.25, 0.3) is 0 Å². The smallest absolute Gasteiger partial charge is 0.227 e. The van der Waals surface area contributed by atoms with Crippen molar-refractivity contribution >= 4 is 5.91 Å². The molecule has 3 nitrogen and oxygen atoms in total. The molecule has 1 aromatic carbocycles. The predicted molar refractivity (Wildman–Crippen MR) is 92.3 cm³/mol. The van der Waals surface area contributed by atoms with Crippen LogP contribution in [-0.2, 0) is 17.6 Å². The van der Waals surface area contributed by atoms with Gasteiger partial charge in [-0.05, 0) is 61.3 Å². The lowest BCUT2D eigenvalue weighted by Crippen LogP contribution is -2.57. The highest BCUT2D eigenvalue weighted by Crippen LogP contribution is 2.41. The van der Waals surface area contributed by atoms with Gasteiger partial charge in [0.2, 0.25) is 5.91 Å². The number of carbonyl (C=O) groups is 1. The molecule has 3 heteroatoms. The Hall–Kier alpha value is -1.35. The number of piperidine rings is 2. The summed E-state index contributed by atoms with van der Waals surface area (Å²) in [5, 5.41) is 3.61. The Morgan fingerprint density at radius 2 is 2.22 bits per heavy atom. The number of rotatable bonds is 2. The topological polar surface area (TPSA) is 32.3 Å². The van der Waals surface area contributed by atoms with Gasteiger partial charge in [-0.15, -0.1) is 0 Å². The van der Waals surface area contributed by atoms with Crippen LogP contribution in [0.5, 0.6) is 0 Å². The number of nitrogens with zero attached hydrogens (tertiary/aromatic N) is 1. The molecule has 3 aliphatic heterocycles. The van der Waals surface area contributed by atoms with Gasteiger partial charge in [0, 0.05) is 12.6 Å². The first-order chi connectivity index (χ1) is 11.1. The molecule has 23 heavy (non-hydrogen) atoms. The molecule has 3 heterocycles. The predicted octanol–water partition coefficient (Wildman–Crippen LogP) is 3.08. The lowest BCUT2D eigenvalue weighted by atomic mass is 9.76. The fraction of sp³-hybridized carbons (Fsp3) is 0.650. The fourth-order valence-corrected chi connectivity index (χ4v) is 4.83. The molecule has 1 aromatic rings. The van der Waals surface area contributed by atoms with E-state index in [0.29, 0.717) is 23.9 Å². The van der Waals surface area contributed by atoms with Crippen LogP contribution < -0.4 is 5.32 Å². The molecular formula is C20H28N2O. The van der Waals surface area contributed by atoms with Gasteiger partial charge in [-0.25, -0.2) is 0 Å². The van der Waals surface area contributed by atoms with Crippen LogP contribution in [0.4, 0.5) is 0 Å². The summed E-state index contributed by atoms with van der Waals surface area (Å²) in [6, 6.07) is 7.68. The van der Waals surface area contributed by atoms with Crippen molar-refractivity contribution in [1.29, 1.82) is 0 Å². The molecule has 0 aliphatic carbocycles. The summed E-state index contributed by atoms with van der Waals surface area (Å²) < 4.78 is 0. The van der Waals surface area contributed by atoms with E-state index in [-0.39, 0.29) is 5.92 Å². The fourth-order valence-electron chi connectivity index (χ4n) is 4.83. The second kappa shape index (κ2) is 5.94. The lowest BCUT2D eigenvalue weighted by Gasteiger charge is -2.48. The number of nitrogens with one attached hydrogen (secondary N) is 1. The number of benzene rings is 1. The van der Waals surface area contributed by atoms with E-state index in [2.05, 4.69) is 42.3 Å². The van der Waals surface area contributed by atoms with E-state index in [9.17, 15) is 4.79 Å². The molecule has 2 fully saturated rings. The third-order valence-electron chi connectivity index (χ3n) is 5.87. The second-order valence-corrected chi connectivity index (χ2v) is 7.97. The van der Waals surface area contributed by atoms with E-state index in [1.165, 1.54) is 16.7 Å². The van der Waals surface area contributed by atoms with Crippen LogP contribution in [0, 0.1) is 11.8 Å². The largest absolute Gasteiger partial charge is 0.335 e. The summed E-state index contributed by atoms with van der Waals surface area (Å²) in [5.74, 6) is 1.31. The van der Waals surface area contributed by atoms with E-state index >= 15 is 0 Å². The van der Waals surface area contributed by atoms with Crippen molar-refractivity contribution in [3.63, 3.8) is 0 Å². The van der Waals surface area contributed by atoms with Gasteiger partial charge in [-0.3, -0.25) is 4.79 Å². The molecule has 3 atom stereocenters. The van der Waals surface area contributed by atoms with Gasteiger partial charge < -0.3 is 10.2 Å². The zero-order chi connectivity index (χ0) is 16.0. The number of carbonyl (C=O) groups excluding carboxylic acids is 1. The molecule has 0 aromatic heterocycles. The molecule has 0 spiro atoms. The summed E-state index contributed by atoms with van der Waals surface area (Å²) in [5.41, 5.74) is 4.33. The summed E-state index contributed by atoms with van der Waals surface area (Å²) >= 11 is 0. The van der Waals surface area contributed by atoms with Crippen LogP contribution in [0.3, 0.4) is 0 Å². The molecule has 2 saturated heterocycles. The number of amides is 1. The Morgan fingerprint density at radius 3 is 3.04 bits per heavy atom. The maximum atomic E-state index is 12.9. The van der Waals surface area contributed by atoms with Crippen molar-refractivity contribution in [3.05, 3.63) is 34.9 Å². The quantitative estimate of drug-likeness (QED) is 0.910. The SMILES string of the molecule is CC(C)Cc1ccc2c(c1)CCN1C(=O)[C@H]3CCCN[C@H]3C[C@@H]21. The van der Waals surface area contributed by atoms with E-state index in [1.807, 2.05) is 0 Å². The van der Waals surface area contributed by atoms with Gasteiger partial charge in [0.25, 0.3) is 0 Å². The van der Waals surface area contributed by atoms with Crippen molar-refractivity contribution in [3.8, 4) is 0 Å². The molecule has 1 N–H and O–H groups in total. The second-order valence-electron chi connectivity index (χ2n) is 7.97. The number of hydrogen-bond donors (Lipinski definition) is 1. The Bertz CT molecular complexity index is 610. The lowest BCUT2D eigenvalue weighted by molar-refractivity contribution is -0.145. The molecule has 3 aliphatic rings.